The van der Waals surface area contributed by atoms with Gasteiger partial charge in [0.25, 0.3) is 5.56 Å². The molecular weight excluding hydrogens is 432 g/mol. The van der Waals surface area contributed by atoms with E-state index in [9.17, 15) is 9.90 Å². The maximum absolute atomic E-state index is 13.3. The number of likely N-dealkylation sites (tertiary alicyclic amines) is 1. The molecule has 9 nitrogen and oxygen atoms in total. The van der Waals surface area contributed by atoms with Crippen LogP contribution in [0.3, 0.4) is 0 Å². The van der Waals surface area contributed by atoms with Crippen molar-refractivity contribution in [1.29, 1.82) is 0 Å². The number of tetrazole rings is 1. The molecule has 2 aromatic heterocycles. The van der Waals surface area contributed by atoms with Crippen LogP contribution in [0, 0.1) is 6.92 Å². The molecule has 2 aromatic carbocycles. The van der Waals surface area contributed by atoms with Gasteiger partial charge >= 0.3 is 0 Å². The normalized spacial score (nSPS) is 16.1. The highest BCUT2D eigenvalue weighted by molar-refractivity contribution is 5.79. The second kappa shape index (κ2) is 9.36. The van der Waals surface area contributed by atoms with E-state index in [1.165, 1.54) is 0 Å². The first kappa shape index (κ1) is 22.2. The summed E-state index contributed by atoms with van der Waals surface area (Å²) in [5.41, 5.74) is 3.37. The lowest BCUT2D eigenvalue weighted by atomic mass is 9.99. The van der Waals surface area contributed by atoms with Crippen LogP contribution in [0.15, 0.2) is 53.3 Å². The monoisotopic (exact) mass is 460 g/mol. The lowest BCUT2D eigenvalue weighted by Gasteiger charge is -2.35. The molecule has 3 heterocycles. The molecule has 1 unspecified atom stereocenters. The van der Waals surface area contributed by atoms with Crippen molar-refractivity contribution in [1.82, 2.24) is 30.1 Å². The van der Waals surface area contributed by atoms with E-state index in [1.807, 2.05) is 49.4 Å². The van der Waals surface area contributed by atoms with Gasteiger partial charge in [0.05, 0.1) is 19.8 Å². The summed E-state index contributed by atoms with van der Waals surface area (Å²) in [5, 5.41) is 23.6. The number of hydrogen-bond acceptors (Lipinski definition) is 7. The molecule has 5 rings (SSSR count). The average Bonchev–Trinajstić information content (AvgIpc) is 3.29. The number of aromatic amines is 1. The Balaban J connectivity index is 1.58. The number of nitrogens with zero attached hydrogens (tertiary/aromatic N) is 5. The molecule has 0 bridgehead atoms. The van der Waals surface area contributed by atoms with E-state index in [-0.39, 0.29) is 11.7 Å². The Labute approximate surface area is 197 Å². The van der Waals surface area contributed by atoms with E-state index in [1.54, 1.807) is 11.8 Å². The summed E-state index contributed by atoms with van der Waals surface area (Å²) in [6, 6.07) is 15.2. The van der Waals surface area contributed by atoms with Crippen LogP contribution >= 0.6 is 0 Å². The topological polar surface area (TPSA) is 109 Å². The molecule has 0 radical (unpaired) electrons. The van der Waals surface area contributed by atoms with Gasteiger partial charge in [-0.15, -0.1) is 5.10 Å². The van der Waals surface area contributed by atoms with Gasteiger partial charge in [0.1, 0.15) is 11.8 Å². The van der Waals surface area contributed by atoms with Gasteiger partial charge in [0, 0.05) is 24.2 Å². The highest BCUT2D eigenvalue weighted by Crippen LogP contribution is 2.30. The van der Waals surface area contributed by atoms with Crippen molar-refractivity contribution in [3.63, 3.8) is 0 Å². The Morgan fingerprint density at radius 1 is 1.15 bits per heavy atom. The number of aliphatic hydroxyl groups is 1. The largest absolute Gasteiger partial charge is 0.497 e. The summed E-state index contributed by atoms with van der Waals surface area (Å²) >= 11 is 0. The number of fused-ring (bicyclic) bond motifs is 1. The molecule has 1 fully saturated rings. The molecular formula is C25H28N6O3. The van der Waals surface area contributed by atoms with Gasteiger partial charge in [-0.3, -0.25) is 9.69 Å². The smallest absolute Gasteiger partial charge is 0.253 e. The summed E-state index contributed by atoms with van der Waals surface area (Å²) in [5.74, 6) is 1.38. The lowest BCUT2D eigenvalue weighted by Crippen LogP contribution is -2.41. The predicted octanol–water partition coefficient (Wildman–Crippen LogP) is 2.43. The number of aryl methyl sites for hydroxylation is 1. The van der Waals surface area contributed by atoms with E-state index in [4.69, 9.17) is 4.74 Å². The Morgan fingerprint density at radius 2 is 1.91 bits per heavy atom. The first-order chi connectivity index (χ1) is 16.5. The number of methoxy groups -OCH3 is 1. The van der Waals surface area contributed by atoms with Crippen LogP contribution < -0.4 is 10.3 Å². The molecule has 2 N–H and O–H groups in total. The molecule has 1 atom stereocenters. The number of aromatic nitrogens is 5. The molecule has 4 aromatic rings. The summed E-state index contributed by atoms with van der Waals surface area (Å²) in [4.78, 5) is 18.5. The minimum atomic E-state index is -0.436. The Hall–Kier alpha value is -3.56. The number of pyridine rings is 1. The fourth-order valence-electron chi connectivity index (χ4n) is 4.61. The third kappa shape index (κ3) is 4.44. The fraction of sp³-hybridized carbons (Fsp3) is 0.360. The molecule has 0 amide bonds. The zero-order valence-electron chi connectivity index (χ0n) is 19.3. The predicted molar refractivity (Wildman–Crippen MR) is 128 cm³/mol. The maximum atomic E-state index is 13.3. The third-order valence-electron chi connectivity index (χ3n) is 6.48. The molecule has 9 heteroatoms. The first-order valence-corrected chi connectivity index (χ1v) is 11.5. The van der Waals surface area contributed by atoms with Crippen LogP contribution in [0.5, 0.6) is 5.75 Å². The maximum Gasteiger partial charge on any atom is 0.253 e. The highest BCUT2D eigenvalue weighted by atomic mass is 16.5. The summed E-state index contributed by atoms with van der Waals surface area (Å²) in [6.07, 6.45) is 0.951. The molecule has 0 aliphatic carbocycles. The van der Waals surface area contributed by atoms with Gasteiger partial charge in [-0.2, -0.15) is 0 Å². The SMILES string of the molecule is COc1ccc(Cn2nnnc2C(c2cc3cc(C)ccc3[nH]c2=O)N2CCC(O)CC2)cc1. The molecule has 0 spiro atoms. The number of hydrogen-bond donors (Lipinski definition) is 2. The van der Waals surface area contributed by atoms with E-state index in [0.29, 0.717) is 43.9 Å². The standard InChI is InChI=1S/C25H28N6O3/c1-16-3-8-22-18(13-16)14-21(25(33)26-22)23(30-11-9-19(32)10-12-30)24-27-28-29-31(24)15-17-4-6-20(34-2)7-5-17/h3-8,13-14,19,23,32H,9-12,15H2,1-2H3,(H,26,33). The zero-order chi connectivity index (χ0) is 23.7. The van der Waals surface area contributed by atoms with Crippen LogP contribution in [-0.2, 0) is 6.54 Å². The number of piperidine rings is 1. The van der Waals surface area contributed by atoms with Crippen molar-refractivity contribution >= 4 is 10.9 Å². The number of benzene rings is 2. The van der Waals surface area contributed by atoms with Crippen molar-refractivity contribution in [2.75, 3.05) is 20.2 Å². The summed E-state index contributed by atoms with van der Waals surface area (Å²) in [7, 11) is 1.64. The van der Waals surface area contributed by atoms with Gasteiger partial charge < -0.3 is 14.8 Å². The van der Waals surface area contributed by atoms with Crippen LogP contribution in [-0.4, -0.2) is 61.5 Å². The highest BCUT2D eigenvalue weighted by Gasteiger charge is 2.32. The van der Waals surface area contributed by atoms with Crippen molar-refractivity contribution in [3.8, 4) is 5.75 Å². The van der Waals surface area contributed by atoms with Gasteiger partial charge in [0.15, 0.2) is 5.82 Å². The second-order valence-electron chi connectivity index (χ2n) is 8.86. The Kier molecular flexibility index (Phi) is 6.12. The van der Waals surface area contributed by atoms with E-state index in [0.717, 1.165) is 27.8 Å². The minimum Gasteiger partial charge on any atom is -0.497 e. The van der Waals surface area contributed by atoms with Crippen LogP contribution in [0.2, 0.25) is 0 Å². The van der Waals surface area contributed by atoms with Gasteiger partial charge in [-0.1, -0.05) is 23.8 Å². The van der Waals surface area contributed by atoms with Crippen molar-refractivity contribution in [3.05, 3.63) is 81.4 Å². The summed E-state index contributed by atoms with van der Waals surface area (Å²) in [6.45, 7) is 3.78. The van der Waals surface area contributed by atoms with E-state index in [2.05, 4.69) is 31.5 Å². The number of H-pyrrole nitrogens is 1. The van der Waals surface area contributed by atoms with Crippen molar-refractivity contribution < 1.29 is 9.84 Å². The van der Waals surface area contributed by atoms with Crippen molar-refractivity contribution in [2.45, 2.75) is 38.5 Å². The van der Waals surface area contributed by atoms with Gasteiger partial charge in [0.2, 0.25) is 0 Å². The average molecular weight is 461 g/mol. The Morgan fingerprint density at radius 3 is 2.65 bits per heavy atom. The first-order valence-electron chi connectivity index (χ1n) is 11.5. The molecule has 1 aliphatic rings. The van der Waals surface area contributed by atoms with E-state index >= 15 is 0 Å². The number of nitrogens with one attached hydrogen (secondary N) is 1. The Bertz CT molecular complexity index is 1340. The van der Waals surface area contributed by atoms with Crippen LogP contribution in [0.25, 0.3) is 10.9 Å². The van der Waals surface area contributed by atoms with Crippen LogP contribution in [0.4, 0.5) is 0 Å². The molecule has 1 saturated heterocycles. The zero-order valence-corrected chi connectivity index (χ0v) is 19.3. The second-order valence-corrected chi connectivity index (χ2v) is 8.86. The molecule has 0 saturated carbocycles. The third-order valence-corrected chi connectivity index (χ3v) is 6.48. The molecule has 34 heavy (non-hydrogen) atoms. The fourth-order valence-corrected chi connectivity index (χ4v) is 4.61. The van der Waals surface area contributed by atoms with Gasteiger partial charge in [-0.05, 0) is 71.5 Å². The molecule has 176 valence electrons. The molecule has 1 aliphatic heterocycles. The van der Waals surface area contributed by atoms with Crippen molar-refractivity contribution in [2.24, 2.45) is 0 Å². The van der Waals surface area contributed by atoms with Gasteiger partial charge in [-0.25, -0.2) is 4.68 Å². The van der Waals surface area contributed by atoms with Crippen LogP contribution in [0.1, 0.15) is 41.4 Å². The number of rotatable bonds is 6. The lowest BCUT2D eigenvalue weighted by molar-refractivity contribution is 0.0659. The minimum absolute atomic E-state index is 0.161. The number of ether oxygens (including phenoxy) is 1. The summed E-state index contributed by atoms with van der Waals surface area (Å²) < 4.78 is 7.00. The quantitative estimate of drug-likeness (QED) is 0.455. The number of aliphatic hydroxyl groups excluding tert-OH is 1. The van der Waals surface area contributed by atoms with E-state index < -0.39 is 6.04 Å².